The van der Waals surface area contributed by atoms with Crippen LogP contribution in [-0.4, -0.2) is 50.8 Å². The van der Waals surface area contributed by atoms with E-state index in [1.54, 1.807) is 4.90 Å². The third-order valence-corrected chi connectivity index (χ3v) is 5.59. The second-order valence-corrected chi connectivity index (χ2v) is 7.16. The molecule has 0 aliphatic carbocycles. The minimum atomic E-state index is -0.0463. The highest BCUT2D eigenvalue weighted by Gasteiger charge is 2.32. The summed E-state index contributed by atoms with van der Waals surface area (Å²) in [4.78, 5) is 32.9. The van der Waals surface area contributed by atoms with E-state index >= 15 is 0 Å². The molecule has 0 saturated carbocycles. The maximum Gasteiger partial charge on any atom is 0.245 e. The van der Waals surface area contributed by atoms with Crippen LogP contribution in [0.25, 0.3) is 5.69 Å². The molecule has 2 amide bonds. The first kappa shape index (κ1) is 17.5. The van der Waals surface area contributed by atoms with Gasteiger partial charge in [0, 0.05) is 43.4 Å². The molecule has 1 aromatic carbocycles. The van der Waals surface area contributed by atoms with Gasteiger partial charge in [0.15, 0.2) is 0 Å². The lowest BCUT2D eigenvalue weighted by atomic mass is 9.94. The summed E-state index contributed by atoms with van der Waals surface area (Å²) in [5.41, 5.74) is 3.28. The zero-order valence-electron chi connectivity index (χ0n) is 15.4. The van der Waals surface area contributed by atoms with E-state index in [1.807, 2.05) is 29.4 Å². The van der Waals surface area contributed by atoms with Gasteiger partial charge in [0.05, 0.1) is 18.6 Å². The number of hydrogen-bond donors (Lipinski definition) is 0. The topological polar surface area (TPSA) is 58.4 Å². The van der Waals surface area contributed by atoms with E-state index < -0.39 is 0 Å². The Bertz CT molecular complexity index is 850. The van der Waals surface area contributed by atoms with E-state index in [0.29, 0.717) is 19.6 Å². The second kappa shape index (κ2) is 7.39. The highest BCUT2D eigenvalue weighted by molar-refractivity contribution is 5.87. The number of carbonyl (C=O) groups is 2. The fourth-order valence-corrected chi connectivity index (χ4v) is 4.04. The number of likely N-dealkylation sites (tertiary alicyclic amines) is 1. The highest BCUT2D eigenvalue weighted by atomic mass is 16.2. The van der Waals surface area contributed by atoms with Crippen LogP contribution in [-0.2, 0) is 22.6 Å². The average molecular weight is 364 g/mol. The second-order valence-electron chi connectivity index (χ2n) is 7.16. The molecule has 6 nitrogen and oxygen atoms in total. The number of hydrogen-bond acceptors (Lipinski definition) is 3. The number of benzene rings is 1. The number of carbonyl (C=O) groups excluding carboxylic acids is 2. The maximum absolute atomic E-state index is 13.0. The molecule has 0 N–H and O–H groups in total. The molecule has 3 heterocycles. The summed E-state index contributed by atoms with van der Waals surface area (Å²) < 4.78 is 2.12. The van der Waals surface area contributed by atoms with Crippen LogP contribution in [0.1, 0.15) is 24.2 Å². The fourth-order valence-electron chi connectivity index (χ4n) is 4.04. The van der Waals surface area contributed by atoms with Gasteiger partial charge >= 0.3 is 0 Å². The summed E-state index contributed by atoms with van der Waals surface area (Å²) >= 11 is 0. The van der Waals surface area contributed by atoms with Gasteiger partial charge in [0.1, 0.15) is 0 Å². The number of rotatable bonds is 3. The fraction of sp³-hybridized carbons (Fsp3) is 0.381. The maximum atomic E-state index is 13.0. The Hall–Kier alpha value is -2.89. The highest BCUT2D eigenvalue weighted by Crippen LogP contribution is 2.25. The Morgan fingerprint density at radius 3 is 2.52 bits per heavy atom. The molecule has 0 bridgehead atoms. The summed E-state index contributed by atoms with van der Waals surface area (Å²) in [6.45, 7) is 6.08. The third-order valence-electron chi connectivity index (χ3n) is 5.59. The molecule has 1 aromatic heterocycles. The molecule has 4 rings (SSSR count). The quantitative estimate of drug-likeness (QED) is 0.785. The van der Waals surface area contributed by atoms with E-state index in [9.17, 15) is 9.59 Å². The molecule has 1 saturated heterocycles. The number of piperidine rings is 1. The molecule has 2 aliphatic rings. The van der Waals surface area contributed by atoms with Crippen LogP contribution in [0.15, 0.2) is 49.3 Å². The van der Waals surface area contributed by atoms with Gasteiger partial charge in [-0.25, -0.2) is 4.98 Å². The largest absolute Gasteiger partial charge is 0.339 e. The molecule has 0 atom stereocenters. The van der Waals surface area contributed by atoms with Crippen LogP contribution in [0, 0.1) is 5.92 Å². The van der Waals surface area contributed by atoms with Crippen LogP contribution in [0.5, 0.6) is 0 Å². The van der Waals surface area contributed by atoms with Crippen molar-refractivity contribution in [3.63, 3.8) is 0 Å². The predicted molar refractivity (Wildman–Crippen MR) is 102 cm³/mol. The molecular weight excluding hydrogens is 340 g/mol. The van der Waals surface area contributed by atoms with Gasteiger partial charge in [0.25, 0.3) is 0 Å². The van der Waals surface area contributed by atoms with Gasteiger partial charge in [0.2, 0.25) is 11.8 Å². The molecule has 27 heavy (non-hydrogen) atoms. The van der Waals surface area contributed by atoms with Gasteiger partial charge in [-0.3, -0.25) is 9.59 Å². The van der Waals surface area contributed by atoms with Crippen molar-refractivity contribution in [2.75, 3.05) is 19.6 Å². The van der Waals surface area contributed by atoms with Gasteiger partial charge in [-0.2, -0.15) is 0 Å². The molecule has 140 valence electrons. The molecule has 1 fully saturated rings. The number of aromatic nitrogens is 2. The van der Waals surface area contributed by atoms with Crippen molar-refractivity contribution in [1.29, 1.82) is 0 Å². The molecule has 2 aliphatic heterocycles. The van der Waals surface area contributed by atoms with E-state index in [0.717, 1.165) is 37.2 Å². The number of para-hydroxylation sites is 1. The van der Waals surface area contributed by atoms with Gasteiger partial charge in [-0.1, -0.05) is 24.8 Å². The van der Waals surface area contributed by atoms with E-state index in [4.69, 9.17) is 0 Å². The van der Waals surface area contributed by atoms with Crippen molar-refractivity contribution in [3.8, 4) is 5.69 Å². The summed E-state index contributed by atoms with van der Waals surface area (Å²) in [5.74, 6) is 0.146. The number of fused-ring (bicyclic) bond motifs is 1. The van der Waals surface area contributed by atoms with Crippen molar-refractivity contribution < 1.29 is 9.59 Å². The van der Waals surface area contributed by atoms with Crippen LogP contribution in [0.3, 0.4) is 0 Å². The first-order chi connectivity index (χ1) is 13.2. The van der Waals surface area contributed by atoms with Crippen molar-refractivity contribution >= 4 is 11.8 Å². The lowest BCUT2D eigenvalue weighted by Crippen LogP contribution is -2.45. The van der Waals surface area contributed by atoms with E-state index in [1.165, 1.54) is 11.8 Å². The number of imidazole rings is 1. The lowest BCUT2D eigenvalue weighted by Gasteiger charge is -2.35. The molecule has 0 spiro atoms. The average Bonchev–Trinajstić information content (AvgIpc) is 3.16. The first-order valence-corrected chi connectivity index (χ1v) is 9.48. The van der Waals surface area contributed by atoms with E-state index in [-0.39, 0.29) is 17.7 Å². The Morgan fingerprint density at radius 1 is 1.07 bits per heavy atom. The first-order valence-electron chi connectivity index (χ1n) is 9.48. The summed E-state index contributed by atoms with van der Waals surface area (Å²) in [5, 5.41) is 0. The van der Waals surface area contributed by atoms with Crippen LogP contribution >= 0.6 is 0 Å². The Balaban J connectivity index is 1.42. The van der Waals surface area contributed by atoms with Crippen LogP contribution in [0.4, 0.5) is 0 Å². The summed E-state index contributed by atoms with van der Waals surface area (Å²) in [7, 11) is 0. The zero-order chi connectivity index (χ0) is 18.8. The van der Waals surface area contributed by atoms with Crippen LogP contribution < -0.4 is 0 Å². The Labute approximate surface area is 159 Å². The Kier molecular flexibility index (Phi) is 4.79. The van der Waals surface area contributed by atoms with Crippen molar-refractivity contribution in [2.45, 2.75) is 25.8 Å². The van der Waals surface area contributed by atoms with Gasteiger partial charge < -0.3 is 14.4 Å². The monoisotopic (exact) mass is 364 g/mol. The van der Waals surface area contributed by atoms with Crippen LogP contribution in [0.2, 0.25) is 0 Å². The molecule has 2 aromatic rings. The van der Waals surface area contributed by atoms with Crippen molar-refractivity contribution in [3.05, 3.63) is 60.7 Å². The van der Waals surface area contributed by atoms with Gasteiger partial charge in [-0.15, -0.1) is 0 Å². The molecule has 0 radical (unpaired) electrons. The summed E-state index contributed by atoms with van der Waals surface area (Å²) in [6.07, 6.45) is 5.45. The third kappa shape index (κ3) is 3.39. The number of amides is 2. The Morgan fingerprint density at radius 2 is 1.81 bits per heavy atom. The predicted octanol–water partition coefficient (Wildman–Crippen LogP) is 2.18. The number of nitrogens with zero attached hydrogens (tertiary/aromatic N) is 4. The summed E-state index contributed by atoms with van der Waals surface area (Å²) in [6, 6.07) is 10.2. The molecule has 6 heteroatoms. The SMILES string of the molecule is C=CC(=O)N1CCC(C(=O)N2CCc3c(ncn3-c3ccccc3)C2)CC1. The molecule has 0 unspecified atom stereocenters. The smallest absolute Gasteiger partial charge is 0.245 e. The van der Waals surface area contributed by atoms with E-state index in [2.05, 4.69) is 28.3 Å². The van der Waals surface area contributed by atoms with Gasteiger partial charge in [-0.05, 0) is 31.1 Å². The minimum Gasteiger partial charge on any atom is -0.339 e. The minimum absolute atomic E-state index is 0.00313. The zero-order valence-corrected chi connectivity index (χ0v) is 15.4. The lowest BCUT2D eigenvalue weighted by molar-refractivity contribution is -0.140. The molecular formula is C21H24N4O2. The normalized spacial score (nSPS) is 17.5. The van der Waals surface area contributed by atoms with Crippen molar-refractivity contribution in [1.82, 2.24) is 19.4 Å². The van der Waals surface area contributed by atoms with Crippen molar-refractivity contribution in [2.24, 2.45) is 5.92 Å². The standard InChI is InChI=1S/C21H24N4O2/c1-2-20(26)23-11-8-16(9-12-23)21(27)24-13-10-19-18(14-24)22-15-25(19)17-6-4-3-5-7-17/h2-7,15-16H,1,8-14H2.